The normalized spacial score (nSPS) is 16.1. The number of hydrogen-bond acceptors (Lipinski definition) is 3. The van der Waals surface area contributed by atoms with Gasteiger partial charge in [-0.1, -0.05) is 11.6 Å². The molecule has 0 aromatic carbocycles. The van der Waals surface area contributed by atoms with Gasteiger partial charge in [-0.05, 0) is 26.2 Å². The van der Waals surface area contributed by atoms with E-state index < -0.39 is 5.97 Å². The van der Waals surface area contributed by atoms with Crippen LogP contribution in [0.5, 0.6) is 0 Å². The summed E-state index contributed by atoms with van der Waals surface area (Å²) in [6.45, 7) is 2.12. The van der Waals surface area contributed by atoms with Gasteiger partial charge in [0, 0.05) is 6.20 Å². The zero-order chi connectivity index (χ0) is 10.8. The van der Waals surface area contributed by atoms with Crippen LogP contribution < -0.4 is 0 Å². The average Bonchev–Trinajstić information content (AvgIpc) is 2.44. The van der Waals surface area contributed by atoms with Crippen molar-refractivity contribution in [1.29, 1.82) is 0 Å². The summed E-state index contributed by atoms with van der Waals surface area (Å²) in [7, 11) is 0. The Morgan fingerprint density at radius 3 is 3.00 bits per heavy atom. The Bertz CT molecular complexity index is 371. The van der Waals surface area contributed by atoms with Crippen molar-refractivity contribution >= 4 is 17.6 Å². The van der Waals surface area contributed by atoms with E-state index in [0.717, 1.165) is 12.8 Å². The van der Waals surface area contributed by atoms with Crippen molar-refractivity contribution in [2.24, 2.45) is 0 Å². The minimum absolute atomic E-state index is 0.236. The van der Waals surface area contributed by atoms with E-state index in [-0.39, 0.29) is 5.15 Å². The lowest BCUT2D eigenvalue weighted by Gasteiger charge is -2.25. The van der Waals surface area contributed by atoms with E-state index in [2.05, 4.69) is 5.10 Å². The Morgan fingerprint density at radius 1 is 1.73 bits per heavy atom. The minimum atomic E-state index is -0.395. The van der Waals surface area contributed by atoms with Gasteiger partial charge in [-0.25, -0.2) is 4.79 Å². The first-order valence-electron chi connectivity index (χ1n) is 5.14. The number of aromatic nitrogens is 2. The predicted molar refractivity (Wildman–Crippen MR) is 56.1 cm³/mol. The molecule has 0 bridgehead atoms. The van der Waals surface area contributed by atoms with Crippen LogP contribution in [0.15, 0.2) is 6.20 Å². The first kappa shape index (κ1) is 10.5. The molecule has 0 spiro atoms. The van der Waals surface area contributed by atoms with E-state index in [0.29, 0.717) is 18.2 Å². The van der Waals surface area contributed by atoms with Crippen LogP contribution in [-0.4, -0.2) is 22.4 Å². The summed E-state index contributed by atoms with van der Waals surface area (Å²) >= 11 is 5.87. The highest BCUT2D eigenvalue weighted by molar-refractivity contribution is 6.32. The number of nitrogens with zero attached hydrogens (tertiary/aromatic N) is 2. The van der Waals surface area contributed by atoms with Crippen molar-refractivity contribution in [3.05, 3.63) is 16.9 Å². The molecule has 1 aliphatic carbocycles. The maximum absolute atomic E-state index is 11.4. The van der Waals surface area contributed by atoms with Crippen molar-refractivity contribution in [3.63, 3.8) is 0 Å². The fraction of sp³-hybridized carbons (Fsp3) is 0.600. The van der Waals surface area contributed by atoms with Crippen molar-refractivity contribution in [2.75, 3.05) is 6.61 Å². The highest BCUT2D eigenvalue weighted by Gasteiger charge is 2.24. The van der Waals surface area contributed by atoms with Gasteiger partial charge in [-0.3, -0.25) is 4.68 Å². The first-order valence-corrected chi connectivity index (χ1v) is 5.52. The lowest BCUT2D eigenvalue weighted by molar-refractivity contribution is 0.0526. The Hall–Kier alpha value is -1.03. The smallest absolute Gasteiger partial charge is 0.342 e. The number of rotatable bonds is 3. The molecule has 1 aromatic rings. The Morgan fingerprint density at radius 2 is 2.47 bits per heavy atom. The maximum Gasteiger partial charge on any atom is 0.342 e. The minimum Gasteiger partial charge on any atom is -0.462 e. The molecular weight excluding hydrogens is 216 g/mol. The summed E-state index contributed by atoms with van der Waals surface area (Å²) in [5, 5.41) is 4.35. The summed E-state index contributed by atoms with van der Waals surface area (Å²) in [4.78, 5) is 11.4. The van der Waals surface area contributed by atoms with Gasteiger partial charge in [0.25, 0.3) is 0 Å². The fourth-order valence-electron chi connectivity index (χ4n) is 1.55. The third-order valence-corrected chi connectivity index (χ3v) is 2.91. The average molecular weight is 229 g/mol. The fourth-order valence-corrected chi connectivity index (χ4v) is 1.77. The number of carbonyl (C=O) groups is 1. The molecule has 1 heterocycles. The highest BCUT2D eigenvalue weighted by Crippen LogP contribution is 2.32. The Labute approximate surface area is 93.2 Å². The molecule has 15 heavy (non-hydrogen) atoms. The Balaban J connectivity index is 2.17. The monoisotopic (exact) mass is 228 g/mol. The largest absolute Gasteiger partial charge is 0.462 e. The molecular formula is C10H13ClN2O2. The number of hydrogen-bond donors (Lipinski definition) is 0. The van der Waals surface area contributed by atoms with E-state index >= 15 is 0 Å². The van der Waals surface area contributed by atoms with Crippen LogP contribution in [0.25, 0.3) is 0 Å². The van der Waals surface area contributed by atoms with E-state index in [1.807, 2.05) is 0 Å². The van der Waals surface area contributed by atoms with Crippen molar-refractivity contribution in [2.45, 2.75) is 32.2 Å². The third kappa shape index (κ3) is 2.00. The van der Waals surface area contributed by atoms with Crippen molar-refractivity contribution in [1.82, 2.24) is 9.78 Å². The van der Waals surface area contributed by atoms with Crippen LogP contribution in [0, 0.1) is 0 Å². The zero-order valence-corrected chi connectivity index (χ0v) is 9.33. The van der Waals surface area contributed by atoms with Gasteiger partial charge in [-0.15, -0.1) is 0 Å². The van der Waals surface area contributed by atoms with Gasteiger partial charge in [0.2, 0.25) is 0 Å². The van der Waals surface area contributed by atoms with Crippen molar-refractivity contribution in [3.8, 4) is 0 Å². The molecule has 2 rings (SSSR count). The highest BCUT2D eigenvalue weighted by atomic mass is 35.5. The molecule has 4 nitrogen and oxygen atoms in total. The second-order valence-electron chi connectivity index (χ2n) is 3.62. The van der Waals surface area contributed by atoms with E-state index in [1.54, 1.807) is 17.8 Å². The van der Waals surface area contributed by atoms with Crippen LogP contribution in [0.2, 0.25) is 5.15 Å². The first-order chi connectivity index (χ1) is 7.22. The second-order valence-corrected chi connectivity index (χ2v) is 3.98. The molecule has 1 aromatic heterocycles. The van der Waals surface area contributed by atoms with Gasteiger partial charge in [0.05, 0.1) is 12.6 Å². The molecule has 0 amide bonds. The van der Waals surface area contributed by atoms with Crippen molar-refractivity contribution < 1.29 is 9.53 Å². The van der Waals surface area contributed by atoms with Gasteiger partial charge in [0.1, 0.15) is 5.56 Å². The lowest BCUT2D eigenvalue weighted by atomic mass is 9.93. The van der Waals surface area contributed by atoms with Gasteiger partial charge in [0.15, 0.2) is 5.15 Å². The molecule has 0 N–H and O–H groups in total. The maximum atomic E-state index is 11.4. The lowest BCUT2D eigenvalue weighted by Crippen LogP contribution is -2.17. The van der Waals surface area contributed by atoms with Crippen LogP contribution in [0.1, 0.15) is 42.6 Å². The van der Waals surface area contributed by atoms with Crippen LogP contribution in [0.3, 0.4) is 0 Å². The predicted octanol–water partition coefficient (Wildman–Crippen LogP) is 2.44. The molecule has 82 valence electrons. The summed E-state index contributed by atoms with van der Waals surface area (Å²) in [6, 6.07) is 0.408. The SMILES string of the molecule is CCOC(=O)c1cn(C2CCC2)nc1Cl. The molecule has 0 unspecified atom stereocenters. The standard InChI is InChI=1S/C10H13ClN2O2/c1-2-15-10(14)8-6-13(12-9(8)11)7-4-3-5-7/h6-7H,2-5H2,1H3. The molecule has 1 fully saturated rings. The van der Waals surface area contributed by atoms with Crippen LogP contribution >= 0.6 is 11.6 Å². The number of ether oxygens (including phenoxy) is 1. The summed E-state index contributed by atoms with van der Waals surface area (Å²) in [5.41, 5.74) is 0.366. The summed E-state index contributed by atoms with van der Waals surface area (Å²) in [6.07, 6.45) is 5.13. The van der Waals surface area contributed by atoms with Gasteiger partial charge in [-0.2, -0.15) is 5.10 Å². The van der Waals surface area contributed by atoms with Crippen LogP contribution in [-0.2, 0) is 4.74 Å². The zero-order valence-electron chi connectivity index (χ0n) is 8.57. The van der Waals surface area contributed by atoms with E-state index in [9.17, 15) is 4.79 Å². The quantitative estimate of drug-likeness (QED) is 0.747. The molecule has 1 aliphatic rings. The van der Waals surface area contributed by atoms with Gasteiger partial charge >= 0.3 is 5.97 Å². The topological polar surface area (TPSA) is 44.1 Å². The number of esters is 1. The second kappa shape index (κ2) is 4.23. The summed E-state index contributed by atoms with van der Waals surface area (Å²) < 4.78 is 6.65. The number of halogens is 1. The summed E-state index contributed by atoms with van der Waals surface area (Å²) in [5.74, 6) is -0.395. The van der Waals surface area contributed by atoms with E-state index in [4.69, 9.17) is 16.3 Å². The Kier molecular flexibility index (Phi) is 2.95. The molecule has 0 saturated heterocycles. The molecule has 0 atom stereocenters. The van der Waals surface area contributed by atoms with Gasteiger partial charge < -0.3 is 4.74 Å². The molecule has 0 radical (unpaired) electrons. The third-order valence-electron chi connectivity index (χ3n) is 2.63. The number of carbonyl (C=O) groups excluding carboxylic acids is 1. The van der Waals surface area contributed by atoms with Crippen LogP contribution in [0.4, 0.5) is 0 Å². The molecule has 5 heteroatoms. The molecule has 0 aliphatic heterocycles. The molecule has 1 saturated carbocycles. The van der Waals surface area contributed by atoms with E-state index in [1.165, 1.54) is 6.42 Å².